The molecule has 1 aliphatic heterocycles. The van der Waals surface area contributed by atoms with Crippen LogP contribution in [0.1, 0.15) is 0 Å². The summed E-state index contributed by atoms with van der Waals surface area (Å²) < 4.78 is 0. The maximum absolute atomic E-state index is 10.3. The first-order valence-electron chi connectivity index (χ1n) is 3.34. The van der Waals surface area contributed by atoms with E-state index in [1.807, 2.05) is 0 Å². The van der Waals surface area contributed by atoms with Crippen molar-refractivity contribution in [2.75, 3.05) is 5.73 Å². The highest BCUT2D eigenvalue weighted by Gasteiger charge is 2.21. The zero-order chi connectivity index (χ0) is 9.42. The number of nitrogens with two attached hydrogens (primary N) is 1. The predicted octanol–water partition coefficient (Wildman–Crippen LogP) is -2.13. The highest BCUT2D eigenvalue weighted by Crippen LogP contribution is 1.95. The predicted molar refractivity (Wildman–Crippen MR) is 39.5 cm³/mol. The van der Waals surface area contributed by atoms with E-state index in [1.54, 1.807) is 0 Å². The maximum Gasteiger partial charge on any atom is 0.405 e. The van der Waals surface area contributed by atoms with E-state index in [-0.39, 0.29) is 16.7 Å². The van der Waals surface area contributed by atoms with Gasteiger partial charge in [-0.1, -0.05) is 0 Å². The lowest BCUT2D eigenvalue weighted by Gasteiger charge is -1.89. The molecule has 0 saturated heterocycles. The van der Waals surface area contributed by atoms with Crippen LogP contribution in [0.25, 0.3) is 0 Å². The maximum atomic E-state index is 10.3. The largest absolute Gasteiger partial charge is 0.405 e. The number of anilines is 1. The van der Waals surface area contributed by atoms with Gasteiger partial charge in [-0.05, 0) is 0 Å². The Bertz CT molecular complexity index is 482. The van der Waals surface area contributed by atoms with E-state index in [2.05, 4.69) is 20.0 Å². The molecule has 0 saturated carbocycles. The average molecular weight is 180 g/mol. The van der Waals surface area contributed by atoms with Gasteiger partial charge in [-0.2, -0.15) is 9.98 Å². The van der Waals surface area contributed by atoms with E-state index in [9.17, 15) is 10.1 Å². The first-order chi connectivity index (χ1) is 6.18. The summed E-state index contributed by atoms with van der Waals surface area (Å²) in [5.74, 6) is 0.109. The van der Waals surface area contributed by atoms with Gasteiger partial charge in [0.1, 0.15) is 6.33 Å². The molecule has 2 rings (SSSR count). The van der Waals surface area contributed by atoms with Crippen LogP contribution < -0.4 is 16.6 Å². The van der Waals surface area contributed by atoms with Crippen molar-refractivity contribution in [3.8, 4) is 0 Å². The van der Waals surface area contributed by atoms with Crippen molar-refractivity contribution in [2.24, 2.45) is 9.98 Å². The van der Waals surface area contributed by atoms with Crippen LogP contribution in [0, 0.1) is 10.1 Å². The summed E-state index contributed by atoms with van der Waals surface area (Å²) >= 11 is 0. The molecule has 0 bridgehead atoms. The standard InChI is InChI=1S/C5H4N6O2/c6-3-2-4(8-1-7-3)10-5(9-2)11(12)13/h1,5H,(H2,6,7,8,10). The van der Waals surface area contributed by atoms with Crippen molar-refractivity contribution >= 4 is 5.82 Å². The highest BCUT2D eigenvalue weighted by atomic mass is 16.6. The molecule has 2 N–H and O–H groups in total. The Hall–Kier alpha value is -2.12. The van der Waals surface area contributed by atoms with Crippen LogP contribution >= 0.6 is 0 Å². The molecule has 1 unspecified atom stereocenters. The molecular weight excluding hydrogens is 176 g/mol. The number of fused-ring (bicyclic) bond motifs is 1. The van der Waals surface area contributed by atoms with Gasteiger partial charge in [0.25, 0.3) is 0 Å². The van der Waals surface area contributed by atoms with Gasteiger partial charge in [0.2, 0.25) is 0 Å². The lowest BCUT2D eigenvalue weighted by atomic mass is 10.5. The Morgan fingerprint density at radius 1 is 1.46 bits per heavy atom. The van der Waals surface area contributed by atoms with Crippen LogP contribution in [0.3, 0.4) is 0 Å². The van der Waals surface area contributed by atoms with E-state index in [1.165, 1.54) is 6.33 Å². The SMILES string of the molecule is Nc1ncnc2c1=NC([N+](=O)[O-])N=2. The summed E-state index contributed by atoms with van der Waals surface area (Å²) in [7, 11) is 0. The van der Waals surface area contributed by atoms with Crippen LogP contribution in [0.2, 0.25) is 0 Å². The van der Waals surface area contributed by atoms with Crippen molar-refractivity contribution in [1.29, 1.82) is 0 Å². The van der Waals surface area contributed by atoms with Crippen LogP contribution in [0.5, 0.6) is 0 Å². The minimum Gasteiger partial charge on any atom is -0.382 e. The first kappa shape index (κ1) is 7.53. The van der Waals surface area contributed by atoms with E-state index >= 15 is 0 Å². The zero-order valence-corrected chi connectivity index (χ0v) is 6.28. The van der Waals surface area contributed by atoms with Crippen molar-refractivity contribution in [3.05, 3.63) is 27.3 Å². The van der Waals surface area contributed by atoms with E-state index in [4.69, 9.17) is 5.73 Å². The van der Waals surface area contributed by atoms with Gasteiger partial charge < -0.3 is 5.73 Å². The number of rotatable bonds is 1. The molecule has 1 aromatic rings. The Morgan fingerprint density at radius 3 is 2.85 bits per heavy atom. The molecule has 1 aliphatic rings. The first-order valence-corrected chi connectivity index (χ1v) is 3.34. The molecule has 8 heteroatoms. The van der Waals surface area contributed by atoms with E-state index < -0.39 is 11.2 Å². The van der Waals surface area contributed by atoms with E-state index in [0.717, 1.165) is 0 Å². The third kappa shape index (κ3) is 1.08. The van der Waals surface area contributed by atoms with Gasteiger partial charge >= 0.3 is 6.29 Å². The topological polar surface area (TPSA) is 120 Å². The quantitative estimate of drug-likeness (QED) is 0.391. The van der Waals surface area contributed by atoms with Gasteiger partial charge in [0.15, 0.2) is 16.7 Å². The summed E-state index contributed by atoms with van der Waals surface area (Å²) in [5.41, 5.74) is 5.58. The Labute approximate surface area is 71.0 Å². The summed E-state index contributed by atoms with van der Waals surface area (Å²) in [4.78, 5) is 24.3. The zero-order valence-electron chi connectivity index (χ0n) is 6.28. The monoisotopic (exact) mass is 180 g/mol. The van der Waals surface area contributed by atoms with Gasteiger partial charge in [-0.25, -0.2) is 9.97 Å². The third-order valence-corrected chi connectivity index (χ3v) is 1.50. The van der Waals surface area contributed by atoms with Crippen molar-refractivity contribution in [1.82, 2.24) is 9.97 Å². The second-order valence-corrected chi connectivity index (χ2v) is 2.32. The van der Waals surface area contributed by atoms with Gasteiger partial charge in [0.05, 0.1) is 4.92 Å². The minimum absolute atomic E-state index is 0.109. The fourth-order valence-electron chi connectivity index (χ4n) is 0.949. The van der Waals surface area contributed by atoms with Crippen LogP contribution in [-0.4, -0.2) is 21.2 Å². The van der Waals surface area contributed by atoms with Gasteiger partial charge in [-0.15, -0.1) is 0 Å². The molecule has 66 valence electrons. The van der Waals surface area contributed by atoms with Gasteiger partial charge in [0, 0.05) is 0 Å². The van der Waals surface area contributed by atoms with E-state index in [0.29, 0.717) is 0 Å². The Morgan fingerprint density at radius 2 is 2.23 bits per heavy atom. The normalized spacial score (nSPS) is 18.6. The number of hydrogen-bond donors (Lipinski definition) is 1. The molecule has 1 aromatic heterocycles. The number of nitrogens with zero attached hydrogens (tertiary/aromatic N) is 5. The average Bonchev–Trinajstić information content (AvgIpc) is 2.49. The number of aromatic nitrogens is 2. The van der Waals surface area contributed by atoms with Gasteiger partial charge in [-0.3, -0.25) is 10.1 Å². The molecule has 8 nitrogen and oxygen atoms in total. The number of hydrogen-bond acceptors (Lipinski definition) is 7. The fourth-order valence-corrected chi connectivity index (χ4v) is 0.949. The second-order valence-electron chi connectivity index (χ2n) is 2.32. The van der Waals surface area contributed by atoms with Crippen LogP contribution in [-0.2, 0) is 0 Å². The molecule has 1 atom stereocenters. The minimum atomic E-state index is -1.32. The third-order valence-electron chi connectivity index (χ3n) is 1.50. The second kappa shape index (κ2) is 2.44. The highest BCUT2D eigenvalue weighted by molar-refractivity contribution is 5.23. The fraction of sp³-hybridized carbons (Fsp3) is 0.200. The van der Waals surface area contributed by atoms with Crippen molar-refractivity contribution in [3.63, 3.8) is 0 Å². The molecule has 0 aliphatic carbocycles. The Balaban J connectivity index is 2.67. The number of nitro groups is 1. The van der Waals surface area contributed by atoms with Crippen LogP contribution in [0.15, 0.2) is 16.3 Å². The molecule has 0 aromatic carbocycles. The summed E-state index contributed by atoms with van der Waals surface area (Å²) in [6.07, 6.45) is -0.135. The number of nitrogen functional groups attached to an aromatic ring is 1. The van der Waals surface area contributed by atoms with Crippen molar-refractivity contribution < 1.29 is 4.92 Å². The molecule has 13 heavy (non-hydrogen) atoms. The summed E-state index contributed by atoms with van der Waals surface area (Å²) in [6.45, 7) is 0. The molecule has 0 spiro atoms. The Kier molecular flexibility index (Phi) is 1.41. The lowest BCUT2D eigenvalue weighted by Crippen LogP contribution is -2.29. The van der Waals surface area contributed by atoms with Crippen molar-refractivity contribution in [2.45, 2.75) is 6.29 Å². The molecular formula is C5H4N6O2. The summed E-state index contributed by atoms with van der Waals surface area (Å²) in [5, 5.41) is 10.5. The van der Waals surface area contributed by atoms with Crippen LogP contribution in [0.4, 0.5) is 5.82 Å². The lowest BCUT2D eigenvalue weighted by molar-refractivity contribution is -0.518. The molecule has 0 radical (unpaired) electrons. The molecule has 0 fully saturated rings. The molecule has 2 heterocycles. The molecule has 0 amide bonds. The smallest absolute Gasteiger partial charge is 0.382 e. The summed E-state index contributed by atoms with van der Waals surface area (Å²) in [6, 6.07) is 0.